The van der Waals surface area contributed by atoms with E-state index in [0.29, 0.717) is 5.92 Å². The summed E-state index contributed by atoms with van der Waals surface area (Å²) < 4.78 is 4.49. The van der Waals surface area contributed by atoms with Crippen LogP contribution in [0, 0.1) is 12.8 Å². The lowest BCUT2D eigenvalue weighted by Crippen LogP contribution is -2.13. The van der Waals surface area contributed by atoms with Crippen molar-refractivity contribution in [3.05, 3.63) is 53.5 Å². The normalized spacial score (nSPS) is 11.7. The average Bonchev–Trinajstić information content (AvgIpc) is 3.13. The van der Waals surface area contributed by atoms with Crippen LogP contribution in [0.4, 0.5) is 0 Å². The highest BCUT2D eigenvalue weighted by Gasteiger charge is 2.14. The molecule has 0 saturated heterocycles. The Hall–Kier alpha value is -2.07. The molecule has 4 nitrogen and oxygen atoms in total. The minimum Gasteiger partial charge on any atom is -0.344 e. The van der Waals surface area contributed by atoms with Crippen molar-refractivity contribution < 1.29 is 0 Å². The lowest BCUT2D eigenvalue weighted by molar-refractivity contribution is 0.525. The Morgan fingerprint density at radius 3 is 2.72 bits per heavy atom. The second-order valence-electron chi connectivity index (χ2n) is 7.30. The minimum absolute atomic E-state index is 0.639. The molecule has 2 aromatic heterocycles. The number of benzene rings is 1. The Morgan fingerprint density at radius 1 is 1.16 bits per heavy atom. The molecule has 0 radical (unpaired) electrons. The van der Waals surface area contributed by atoms with Crippen molar-refractivity contribution >= 4 is 10.9 Å². The zero-order valence-electron chi connectivity index (χ0n) is 15.9. The maximum atomic E-state index is 4.41. The highest BCUT2D eigenvalue weighted by molar-refractivity contribution is 5.85. The van der Waals surface area contributed by atoms with Crippen LogP contribution < -0.4 is 5.32 Å². The largest absolute Gasteiger partial charge is 0.344 e. The fraction of sp³-hybridized carbons (Fsp3) is 0.476. The van der Waals surface area contributed by atoms with Gasteiger partial charge in [-0.3, -0.25) is 4.68 Å². The molecule has 1 N–H and O–H groups in total. The van der Waals surface area contributed by atoms with Gasteiger partial charge in [-0.2, -0.15) is 5.10 Å². The lowest BCUT2D eigenvalue weighted by atomic mass is 10.1. The number of nitrogens with zero attached hydrogens (tertiary/aromatic N) is 3. The van der Waals surface area contributed by atoms with Crippen LogP contribution in [0.5, 0.6) is 0 Å². The van der Waals surface area contributed by atoms with Crippen molar-refractivity contribution in [2.75, 3.05) is 0 Å². The quantitative estimate of drug-likeness (QED) is 0.656. The summed E-state index contributed by atoms with van der Waals surface area (Å²) in [5.74, 6) is 0.639. The maximum absolute atomic E-state index is 4.41. The molecule has 0 unspecified atom stereocenters. The predicted octanol–water partition coefficient (Wildman–Crippen LogP) is 4.50. The summed E-state index contributed by atoms with van der Waals surface area (Å²) in [5.41, 5.74) is 5.39. The Balaban J connectivity index is 1.75. The summed E-state index contributed by atoms with van der Waals surface area (Å²) in [6.07, 6.45) is 5.23. The van der Waals surface area contributed by atoms with Crippen LogP contribution in [0.25, 0.3) is 10.9 Å². The molecular weight excluding hydrogens is 308 g/mol. The number of fused-ring (bicyclic) bond motifs is 1. The molecule has 25 heavy (non-hydrogen) atoms. The van der Waals surface area contributed by atoms with E-state index in [1.54, 1.807) is 0 Å². The monoisotopic (exact) mass is 338 g/mol. The first-order chi connectivity index (χ1) is 12.1. The number of para-hydroxylation sites is 1. The van der Waals surface area contributed by atoms with Crippen molar-refractivity contribution in [2.24, 2.45) is 5.92 Å². The number of rotatable bonds is 8. The van der Waals surface area contributed by atoms with Gasteiger partial charge in [-0.1, -0.05) is 39.0 Å². The SMILES string of the molecule is CCCn1cc(CNCc2c(C)n(CC(C)C)c3ccccc23)cn1. The molecule has 0 bridgehead atoms. The van der Waals surface area contributed by atoms with E-state index < -0.39 is 0 Å². The third kappa shape index (κ3) is 3.96. The van der Waals surface area contributed by atoms with Crippen LogP contribution in [0.15, 0.2) is 36.7 Å². The highest BCUT2D eigenvalue weighted by atomic mass is 15.3. The van der Waals surface area contributed by atoms with Gasteiger partial charge >= 0.3 is 0 Å². The Kier molecular flexibility index (Phi) is 5.59. The molecule has 0 atom stereocenters. The van der Waals surface area contributed by atoms with Crippen molar-refractivity contribution in [3.8, 4) is 0 Å². The molecule has 0 aliphatic rings. The molecule has 3 rings (SSSR count). The zero-order chi connectivity index (χ0) is 17.8. The van der Waals surface area contributed by atoms with Crippen LogP contribution in [0.1, 0.15) is 44.0 Å². The molecule has 4 heteroatoms. The Labute approximate surface area is 150 Å². The average molecular weight is 338 g/mol. The fourth-order valence-electron chi connectivity index (χ4n) is 3.51. The summed E-state index contributed by atoms with van der Waals surface area (Å²) in [6.45, 7) is 12.8. The molecule has 2 heterocycles. The summed E-state index contributed by atoms with van der Waals surface area (Å²) in [7, 11) is 0. The van der Waals surface area contributed by atoms with E-state index in [9.17, 15) is 0 Å². The zero-order valence-corrected chi connectivity index (χ0v) is 15.9. The van der Waals surface area contributed by atoms with Crippen molar-refractivity contribution in [1.29, 1.82) is 0 Å². The second kappa shape index (κ2) is 7.87. The van der Waals surface area contributed by atoms with E-state index in [1.165, 1.54) is 27.7 Å². The summed E-state index contributed by atoms with van der Waals surface area (Å²) in [4.78, 5) is 0. The van der Waals surface area contributed by atoms with Gasteiger partial charge in [0.15, 0.2) is 0 Å². The molecule has 0 amide bonds. The van der Waals surface area contributed by atoms with Gasteiger partial charge in [0.2, 0.25) is 0 Å². The van der Waals surface area contributed by atoms with E-state index in [-0.39, 0.29) is 0 Å². The van der Waals surface area contributed by atoms with Crippen LogP contribution in [0.3, 0.4) is 0 Å². The third-order valence-electron chi connectivity index (χ3n) is 4.68. The van der Waals surface area contributed by atoms with Gasteiger partial charge in [-0.15, -0.1) is 0 Å². The molecule has 0 aliphatic heterocycles. The summed E-state index contributed by atoms with van der Waals surface area (Å²) in [6, 6.07) is 8.76. The fourth-order valence-corrected chi connectivity index (χ4v) is 3.51. The lowest BCUT2D eigenvalue weighted by Gasteiger charge is -2.11. The summed E-state index contributed by atoms with van der Waals surface area (Å²) >= 11 is 0. The topological polar surface area (TPSA) is 34.8 Å². The van der Waals surface area contributed by atoms with Crippen LogP contribution in [-0.2, 0) is 26.2 Å². The van der Waals surface area contributed by atoms with Gasteiger partial charge in [-0.25, -0.2) is 0 Å². The summed E-state index contributed by atoms with van der Waals surface area (Å²) in [5, 5.41) is 9.38. The first kappa shape index (κ1) is 17.7. The molecule has 0 fully saturated rings. The standard InChI is InChI=1S/C21H30N4/c1-5-10-24-15-18(12-23-24)11-22-13-20-17(4)25(14-16(2)3)21-9-7-6-8-19(20)21/h6-9,12,15-16,22H,5,10-11,13-14H2,1-4H3. The molecule has 0 saturated carbocycles. The molecule has 0 spiro atoms. The van der Waals surface area contributed by atoms with Gasteiger partial charge in [0, 0.05) is 54.5 Å². The van der Waals surface area contributed by atoms with Gasteiger partial charge in [-0.05, 0) is 30.9 Å². The second-order valence-corrected chi connectivity index (χ2v) is 7.30. The van der Waals surface area contributed by atoms with Gasteiger partial charge in [0.05, 0.1) is 6.20 Å². The Bertz CT molecular complexity index is 826. The first-order valence-electron chi connectivity index (χ1n) is 9.39. The van der Waals surface area contributed by atoms with E-state index >= 15 is 0 Å². The number of hydrogen-bond acceptors (Lipinski definition) is 2. The van der Waals surface area contributed by atoms with E-state index in [0.717, 1.165) is 32.6 Å². The van der Waals surface area contributed by atoms with Crippen LogP contribution in [-0.4, -0.2) is 14.3 Å². The maximum Gasteiger partial charge on any atom is 0.0534 e. The minimum atomic E-state index is 0.639. The number of aromatic nitrogens is 3. The third-order valence-corrected chi connectivity index (χ3v) is 4.68. The van der Waals surface area contributed by atoms with Crippen molar-refractivity contribution in [1.82, 2.24) is 19.7 Å². The molecule has 3 aromatic rings. The van der Waals surface area contributed by atoms with Crippen molar-refractivity contribution in [2.45, 2.75) is 60.3 Å². The molecule has 0 aliphatic carbocycles. The van der Waals surface area contributed by atoms with Gasteiger partial charge < -0.3 is 9.88 Å². The van der Waals surface area contributed by atoms with Crippen molar-refractivity contribution in [3.63, 3.8) is 0 Å². The predicted molar refractivity (Wildman–Crippen MR) is 105 cm³/mol. The molecular formula is C21H30N4. The smallest absolute Gasteiger partial charge is 0.0534 e. The highest BCUT2D eigenvalue weighted by Crippen LogP contribution is 2.26. The van der Waals surface area contributed by atoms with Gasteiger partial charge in [0.25, 0.3) is 0 Å². The molecule has 1 aromatic carbocycles. The number of nitrogens with one attached hydrogen (secondary N) is 1. The number of hydrogen-bond donors (Lipinski definition) is 1. The van der Waals surface area contributed by atoms with E-state index in [2.05, 4.69) is 73.1 Å². The van der Waals surface area contributed by atoms with Crippen LogP contribution in [0.2, 0.25) is 0 Å². The van der Waals surface area contributed by atoms with E-state index in [1.807, 2.05) is 10.9 Å². The Morgan fingerprint density at radius 2 is 1.96 bits per heavy atom. The van der Waals surface area contributed by atoms with Crippen LogP contribution >= 0.6 is 0 Å². The number of aryl methyl sites for hydroxylation is 1. The molecule has 134 valence electrons. The van der Waals surface area contributed by atoms with E-state index in [4.69, 9.17) is 0 Å². The first-order valence-corrected chi connectivity index (χ1v) is 9.39. The van der Waals surface area contributed by atoms with Gasteiger partial charge in [0.1, 0.15) is 0 Å².